The van der Waals surface area contributed by atoms with Gasteiger partial charge >= 0.3 is 0 Å². The summed E-state index contributed by atoms with van der Waals surface area (Å²) in [6, 6.07) is 0. The first-order valence-electron chi connectivity index (χ1n) is 7.54. The largest absolute Gasteiger partial charge is 0.368 e. The molecule has 6 nitrogen and oxygen atoms in total. The fraction of sp³-hybridized carbons (Fsp3) is 0.800. The lowest BCUT2D eigenvalue weighted by Crippen LogP contribution is -2.56. The number of nitrogens with two attached hydrogens (primary N) is 1. The second-order valence-corrected chi connectivity index (χ2v) is 6.70. The Hall–Kier alpha value is -1.59. The summed E-state index contributed by atoms with van der Waals surface area (Å²) in [6.45, 7) is 7.87. The van der Waals surface area contributed by atoms with Crippen molar-refractivity contribution in [3.05, 3.63) is 0 Å². The first-order chi connectivity index (χ1) is 9.65. The number of nitrogens with one attached hydrogen (secondary N) is 2. The van der Waals surface area contributed by atoms with Gasteiger partial charge in [0.1, 0.15) is 5.54 Å². The third kappa shape index (κ3) is 5.36. The van der Waals surface area contributed by atoms with E-state index < -0.39 is 11.4 Å². The highest BCUT2D eigenvalue weighted by Gasteiger charge is 2.39. The van der Waals surface area contributed by atoms with Gasteiger partial charge in [0.05, 0.1) is 0 Å². The maximum Gasteiger partial charge on any atom is 0.242 e. The summed E-state index contributed by atoms with van der Waals surface area (Å²) in [7, 11) is 0. The zero-order chi connectivity index (χ0) is 16.2. The molecule has 0 heterocycles. The first kappa shape index (κ1) is 17.5. The van der Waals surface area contributed by atoms with E-state index in [2.05, 4.69) is 10.6 Å². The number of primary amides is 1. The Labute approximate surface area is 126 Å². The molecule has 0 bridgehead atoms. The van der Waals surface area contributed by atoms with Crippen LogP contribution in [0.1, 0.15) is 47.0 Å². The summed E-state index contributed by atoms with van der Waals surface area (Å²) in [6.07, 6.45) is 1.56. The van der Waals surface area contributed by atoms with Crippen LogP contribution >= 0.6 is 0 Å². The molecule has 1 aliphatic carbocycles. The standard InChI is InChI=1S/C15H27N3O3/c1-9(2)8-15(4,14(16)21)18-12(19)5-6-17-13(20)11-7-10(11)3/h9-11H,5-8H2,1-4H3,(H2,16,21)(H,17,20)(H,18,19)/t10-,11+,15-/m0/s1. The van der Waals surface area contributed by atoms with Crippen LogP contribution in [0, 0.1) is 17.8 Å². The SMILES string of the molecule is CC(C)C[C@](C)(NC(=O)CCNC(=O)[C@@H]1C[C@@H]1C)C(N)=O. The van der Waals surface area contributed by atoms with E-state index in [1.807, 2.05) is 20.8 Å². The van der Waals surface area contributed by atoms with Gasteiger partial charge in [-0.2, -0.15) is 0 Å². The smallest absolute Gasteiger partial charge is 0.242 e. The van der Waals surface area contributed by atoms with E-state index >= 15 is 0 Å². The third-order valence-electron chi connectivity index (χ3n) is 3.87. The fourth-order valence-electron chi connectivity index (χ4n) is 2.52. The van der Waals surface area contributed by atoms with Gasteiger partial charge in [0.15, 0.2) is 0 Å². The van der Waals surface area contributed by atoms with E-state index in [4.69, 9.17) is 5.73 Å². The molecule has 3 atom stereocenters. The average Bonchev–Trinajstić information content (AvgIpc) is 3.04. The molecular formula is C15H27N3O3. The van der Waals surface area contributed by atoms with Crippen LogP contribution in [0.4, 0.5) is 0 Å². The summed E-state index contributed by atoms with van der Waals surface area (Å²) in [5, 5.41) is 5.43. The van der Waals surface area contributed by atoms with Gasteiger partial charge in [-0.05, 0) is 31.6 Å². The van der Waals surface area contributed by atoms with Crippen LogP contribution in [-0.2, 0) is 14.4 Å². The molecule has 1 fully saturated rings. The highest BCUT2D eigenvalue weighted by atomic mass is 16.2. The molecule has 4 N–H and O–H groups in total. The average molecular weight is 297 g/mol. The van der Waals surface area contributed by atoms with Crippen LogP contribution in [0.3, 0.4) is 0 Å². The fourth-order valence-corrected chi connectivity index (χ4v) is 2.52. The second-order valence-electron chi connectivity index (χ2n) is 6.70. The topological polar surface area (TPSA) is 101 Å². The van der Waals surface area contributed by atoms with Crippen LogP contribution < -0.4 is 16.4 Å². The van der Waals surface area contributed by atoms with E-state index in [0.717, 1.165) is 6.42 Å². The molecule has 0 unspecified atom stereocenters. The van der Waals surface area contributed by atoms with Crippen LogP contribution in [0.15, 0.2) is 0 Å². The summed E-state index contributed by atoms with van der Waals surface area (Å²) in [5.74, 6) is -0.0246. The molecule has 0 aromatic rings. The van der Waals surface area contributed by atoms with E-state index in [9.17, 15) is 14.4 Å². The maximum atomic E-state index is 11.9. The van der Waals surface area contributed by atoms with Gasteiger partial charge in [-0.3, -0.25) is 14.4 Å². The van der Waals surface area contributed by atoms with Crippen LogP contribution in [0.5, 0.6) is 0 Å². The van der Waals surface area contributed by atoms with Crippen molar-refractivity contribution in [3.8, 4) is 0 Å². The van der Waals surface area contributed by atoms with Crippen molar-refractivity contribution in [1.82, 2.24) is 10.6 Å². The molecule has 3 amide bonds. The normalized spacial score (nSPS) is 23.3. The van der Waals surface area contributed by atoms with Gasteiger partial charge in [-0.25, -0.2) is 0 Å². The van der Waals surface area contributed by atoms with E-state index in [0.29, 0.717) is 12.3 Å². The predicted molar refractivity (Wildman–Crippen MR) is 80.1 cm³/mol. The molecule has 120 valence electrons. The summed E-state index contributed by atoms with van der Waals surface area (Å²) in [5.41, 5.74) is 4.34. The van der Waals surface area contributed by atoms with Gasteiger partial charge in [0.2, 0.25) is 17.7 Å². The molecule has 0 aliphatic heterocycles. The van der Waals surface area contributed by atoms with Crippen molar-refractivity contribution in [2.75, 3.05) is 6.54 Å². The minimum atomic E-state index is -1.04. The lowest BCUT2D eigenvalue weighted by atomic mass is 9.90. The lowest BCUT2D eigenvalue weighted by molar-refractivity contribution is -0.131. The molecule has 0 aromatic carbocycles. The number of amides is 3. The minimum Gasteiger partial charge on any atom is -0.368 e. The van der Waals surface area contributed by atoms with E-state index in [1.54, 1.807) is 6.92 Å². The monoisotopic (exact) mass is 297 g/mol. The number of hydrogen-bond donors (Lipinski definition) is 3. The Kier molecular flexibility index (Phi) is 5.75. The van der Waals surface area contributed by atoms with Crippen LogP contribution in [0.25, 0.3) is 0 Å². The van der Waals surface area contributed by atoms with Crippen molar-refractivity contribution >= 4 is 17.7 Å². The molecule has 21 heavy (non-hydrogen) atoms. The number of rotatable bonds is 8. The van der Waals surface area contributed by atoms with Crippen molar-refractivity contribution in [2.45, 2.75) is 52.5 Å². The Bertz CT molecular complexity index is 422. The summed E-state index contributed by atoms with van der Waals surface area (Å²) in [4.78, 5) is 35.1. The molecule has 0 aromatic heterocycles. The highest BCUT2D eigenvalue weighted by molar-refractivity contribution is 5.90. The van der Waals surface area contributed by atoms with Crippen molar-refractivity contribution in [2.24, 2.45) is 23.5 Å². The second kappa shape index (κ2) is 6.91. The zero-order valence-electron chi connectivity index (χ0n) is 13.4. The molecule has 0 radical (unpaired) electrons. The van der Waals surface area contributed by atoms with Gasteiger partial charge in [-0.15, -0.1) is 0 Å². The molecule has 6 heteroatoms. The Morgan fingerprint density at radius 2 is 1.90 bits per heavy atom. The number of carbonyl (C=O) groups excluding carboxylic acids is 3. The zero-order valence-corrected chi connectivity index (χ0v) is 13.4. The van der Waals surface area contributed by atoms with E-state index in [1.165, 1.54) is 0 Å². The lowest BCUT2D eigenvalue weighted by Gasteiger charge is -2.29. The minimum absolute atomic E-state index is 0.00939. The summed E-state index contributed by atoms with van der Waals surface area (Å²) < 4.78 is 0. The third-order valence-corrected chi connectivity index (χ3v) is 3.87. The molecule has 1 rings (SSSR count). The molecule has 0 saturated heterocycles. The van der Waals surface area contributed by atoms with Gasteiger partial charge in [0, 0.05) is 18.9 Å². The van der Waals surface area contributed by atoms with Crippen molar-refractivity contribution < 1.29 is 14.4 Å². The Balaban J connectivity index is 2.36. The summed E-state index contributed by atoms with van der Waals surface area (Å²) >= 11 is 0. The Morgan fingerprint density at radius 1 is 1.33 bits per heavy atom. The molecule has 1 saturated carbocycles. The van der Waals surface area contributed by atoms with Crippen LogP contribution in [-0.4, -0.2) is 29.8 Å². The molecule has 1 aliphatic rings. The van der Waals surface area contributed by atoms with Crippen LogP contribution in [0.2, 0.25) is 0 Å². The maximum absolute atomic E-state index is 11.9. The van der Waals surface area contributed by atoms with Gasteiger partial charge in [-0.1, -0.05) is 20.8 Å². The predicted octanol–water partition coefficient (Wildman–Crippen LogP) is 0.555. The first-order valence-corrected chi connectivity index (χ1v) is 7.54. The van der Waals surface area contributed by atoms with E-state index in [-0.39, 0.29) is 36.6 Å². The highest BCUT2D eigenvalue weighted by Crippen LogP contribution is 2.37. The molecular weight excluding hydrogens is 270 g/mol. The van der Waals surface area contributed by atoms with Crippen molar-refractivity contribution in [1.29, 1.82) is 0 Å². The number of carbonyl (C=O) groups is 3. The van der Waals surface area contributed by atoms with Crippen molar-refractivity contribution in [3.63, 3.8) is 0 Å². The van der Waals surface area contributed by atoms with Gasteiger partial charge < -0.3 is 16.4 Å². The molecule has 0 spiro atoms. The number of hydrogen-bond acceptors (Lipinski definition) is 3. The van der Waals surface area contributed by atoms with Gasteiger partial charge in [0.25, 0.3) is 0 Å². The Morgan fingerprint density at radius 3 is 2.33 bits per heavy atom. The quantitative estimate of drug-likeness (QED) is 0.610.